The largest absolute Gasteiger partial charge is 0.371 e. The Hall–Kier alpha value is -1.98. The van der Waals surface area contributed by atoms with Crippen LogP contribution < -0.4 is 26.2 Å². The molecule has 0 atom stereocenters. The Balaban J connectivity index is 1.26. The van der Waals surface area contributed by atoms with Crippen LogP contribution in [0, 0.1) is 23.7 Å². The Kier molecular flexibility index (Phi) is 7.90. The molecule has 4 aliphatic heterocycles. The molecule has 43 heavy (non-hydrogen) atoms. The van der Waals surface area contributed by atoms with E-state index in [0.717, 1.165) is 23.7 Å². The van der Waals surface area contributed by atoms with Gasteiger partial charge in [-0.15, -0.1) is 0 Å². The van der Waals surface area contributed by atoms with E-state index in [2.05, 4.69) is 107 Å². The summed E-state index contributed by atoms with van der Waals surface area (Å²) in [7, 11) is 0. The second kappa shape index (κ2) is 11.4. The molecule has 7 rings (SSSR count). The highest BCUT2D eigenvalue weighted by Gasteiger charge is 2.39. The van der Waals surface area contributed by atoms with Gasteiger partial charge < -0.3 is 9.80 Å². The minimum Gasteiger partial charge on any atom is -0.371 e. The van der Waals surface area contributed by atoms with E-state index in [9.17, 15) is 0 Å². The van der Waals surface area contributed by atoms with Crippen molar-refractivity contribution in [3.05, 3.63) is 54.1 Å². The van der Waals surface area contributed by atoms with Gasteiger partial charge in [-0.1, -0.05) is 95.0 Å². The lowest BCUT2D eigenvalue weighted by Crippen LogP contribution is -2.58. The molecule has 3 aromatic carbocycles. The maximum atomic E-state index is 2.64. The van der Waals surface area contributed by atoms with Crippen molar-refractivity contribution in [2.75, 3.05) is 36.0 Å². The summed E-state index contributed by atoms with van der Waals surface area (Å²) in [6.45, 7) is 21.7. The van der Waals surface area contributed by atoms with Gasteiger partial charge in [-0.3, -0.25) is 0 Å². The second-order valence-corrected chi connectivity index (χ2v) is 17.5. The molecule has 0 saturated carbocycles. The molecule has 0 spiro atoms. The first-order valence-corrected chi connectivity index (χ1v) is 18.5. The number of anilines is 2. The molecule has 0 unspecified atom stereocenters. The van der Waals surface area contributed by atoms with Gasteiger partial charge in [0.05, 0.1) is 0 Å². The molecule has 4 aliphatic rings. The first-order valence-electron chi connectivity index (χ1n) is 16.9. The zero-order chi connectivity index (χ0) is 30.0. The molecule has 3 aromatic rings. The van der Waals surface area contributed by atoms with Crippen LogP contribution in [-0.4, -0.2) is 32.9 Å². The summed E-state index contributed by atoms with van der Waals surface area (Å²) in [6, 6.07) is 19.9. The summed E-state index contributed by atoms with van der Waals surface area (Å²) in [6.07, 6.45) is 5.25. The van der Waals surface area contributed by atoms with Crippen LogP contribution >= 0.6 is 23.5 Å². The normalized spacial score (nSPS) is 19.1. The molecule has 0 N–H and O–H groups in total. The molecule has 0 bridgehead atoms. The number of fused-ring (bicyclic) bond motifs is 4. The fourth-order valence-electron chi connectivity index (χ4n) is 7.94. The molecule has 5 heteroatoms. The van der Waals surface area contributed by atoms with E-state index in [0.29, 0.717) is 6.71 Å². The average Bonchev–Trinajstić information content (AvgIpc) is 2.99. The maximum Gasteiger partial charge on any atom is 0.247 e. The maximum absolute atomic E-state index is 2.64. The van der Waals surface area contributed by atoms with E-state index in [-0.39, 0.29) is 5.41 Å². The molecule has 0 aromatic heterocycles. The second-order valence-electron chi connectivity index (χ2n) is 15.4. The number of rotatable bonds is 4. The standard InChI is InChI=1S/C38H49BN2S2/c1-24(2)26-12-16-40(17-13-26)29-8-10-31-33(22-29)42-35-20-28(38(5,6)7)21-36-37(35)39(31)32-11-9-30(23-34(32)43-36)41-18-14-27(15-19-41)25(3)4/h8-11,20-27H,12-19H2,1-7H3. The van der Waals surface area contributed by atoms with Crippen LogP contribution in [0.25, 0.3) is 0 Å². The van der Waals surface area contributed by atoms with E-state index in [1.165, 1.54) is 99.3 Å². The average molecular weight is 609 g/mol. The summed E-state index contributed by atoms with van der Waals surface area (Å²) >= 11 is 4.04. The first kappa shape index (κ1) is 29.7. The Morgan fingerprint density at radius 3 is 1.42 bits per heavy atom. The third kappa shape index (κ3) is 5.56. The molecule has 4 heterocycles. The fourth-order valence-corrected chi connectivity index (χ4v) is 10.5. The van der Waals surface area contributed by atoms with Crippen LogP contribution in [0.4, 0.5) is 11.4 Å². The van der Waals surface area contributed by atoms with E-state index in [1.807, 2.05) is 23.5 Å². The molecule has 2 nitrogen and oxygen atoms in total. The predicted octanol–water partition coefficient (Wildman–Crippen LogP) is 8.17. The zero-order valence-corrected chi connectivity index (χ0v) is 29.0. The van der Waals surface area contributed by atoms with Crippen LogP contribution in [0.15, 0.2) is 68.1 Å². The molecule has 0 aliphatic carbocycles. The summed E-state index contributed by atoms with van der Waals surface area (Å²) in [4.78, 5) is 11.1. The minimum atomic E-state index is 0.119. The number of piperidine rings is 2. The molecule has 2 saturated heterocycles. The third-order valence-corrected chi connectivity index (χ3v) is 13.3. The van der Waals surface area contributed by atoms with Gasteiger partial charge in [-0.25, -0.2) is 0 Å². The van der Waals surface area contributed by atoms with Crippen LogP contribution in [0.1, 0.15) is 79.7 Å². The topological polar surface area (TPSA) is 6.48 Å². The van der Waals surface area contributed by atoms with Gasteiger partial charge in [0.25, 0.3) is 0 Å². The van der Waals surface area contributed by atoms with Gasteiger partial charge in [0.15, 0.2) is 0 Å². The van der Waals surface area contributed by atoms with Gasteiger partial charge in [0.2, 0.25) is 6.71 Å². The molecule has 0 radical (unpaired) electrons. The first-order chi connectivity index (χ1) is 20.6. The highest BCUT2D eigenvalue weighted by Crippen LogP contribution is 2.43. The van der Waals surface area contributed by atoms with Crippen molar-refractivity contribution >= 4 is 58.0 Å². The quantitative estimate of drug-likeness (QED) is 0.190. The van der Waals surface area contributed by atoms with Crippen molar-refractivity contribution in [3.8, 4) is 0 Å². The van der Waals surface area contributed by atoms with Crippen LogP contribution in [0.5, 0.6) is 0 Å². The third-order valence-electron chi connectivity index (χ3n) is 11.0. The predicted molar refractivity (Wildman–Crippen MR) is 190 cm³/mol. The lowest BCUT2D eigenvalue weighted by atomic mass is 9.36. The summed E-state index contributed by atoms with van der Waals surface area (Å²) in [5, 5.41) is 0. The molecule has 226 valence electrons. The summed E-state index contributed by atoms with van der Waals surface area (Å²) < 4.78 is 0. The van der Waals surface area contributed by atoms with E-state index < -0.39 is 0 Å². The van der Waals surface area contributed by atoms with E-state index in [4.69, 9.17) is 0 Å². The minimum absolute atomic E-state index is 0.119. The number of benzene rings is 3. The number of hydrogen-bond acceptors (Lipinski definition) is 4. The monoisotopic (exact) mass is 608 g/mol. The summed E-state index contributed by atoms with van der Waals surface area (Å²) in [5.74, 6) is 3.32. The molecular formula is C38H49BN2S2. The van der Waals surface area contributed by atoms with Crippen molar-refractivity contribution in [2.45, 2.75) is 99.1 Å². The molecule has 2 fully saturated rings. The van der Waals surface area contributed by atoms with Crippen molar-refractivity contribution < 1.29 is 0 Å². The van der Waals surface area contributed by atoms with Gasteiger partial charge in [0.1, 0.15) is 0 Å². The zero-order valence-electron chi connectivity index (χ0n) is 27.4. The van der Waals surface area contributed by atoms with E-state index in [1.54, 1.807) is 5.46 Å². The number of hydrogen-bond donors (Lipinski definition) is 0. The Bertz CT molecular complexity index is 1400. The van der Waals surface area contributed by atoms with Crippen molar-refractivity contribution in [1.29, 1.82) is 0 Å². The lowest BCUT2D eigenvalue weighted by molar-refractivity contribution is 0.311. The molecular weight excluding hydrogens is 559 g/mol. The van der Waals surface area contributed by atoms with Crippen molar-refractivity contribution in [2.24, 2.45) is 23.7 Å². The fraction of sp³-hybridized carbons (Fsp3) is 0.526. The summed E-state index contributed by atoms with van der Waals surface area (Å²) in [5.41, 5.74) is 8.92. The van der Waals surface area contributed by atoms with Crippen molar-refractivity contribution in [3.63, 3.8) is 0 Å². The smallest absolute Gasteiger partial charge is 0.247 e. The number of nitrogens with zero attached hydrogens (tertiary/aromatic N) is 2. The van der Waals surface area contributed by atoms with Crippen LogP contribution in [0.2, 0.25) is 0 Å². The van der Waals surface area contributed by atoms with Gasteiger partial charge >= 0.3 is 0 Å². The highest BCUT2D eigenvalue weighted by molar-refractivity contribution is 8.01. The van der Waals surface area contributed by atoms with Crippen LogP contribution in [-0.2, 0) is 5.41 Å². The Morgan fingerprint density at radius 1 is 0.628 bits per heavy atom. The van der Waals surface area contributed by atoms with Gasteiger partial charge in [-0.05, 0) is 102 Å². The highest BCUT2D eigenvalue weighted by atomic mass is 32.2. The van der Waals surface area contributed by atoms with Crippen LogP contribution in [0.3, 0.4) is 0 Å². The van der Waals surface area contributed by atoms with Crippen molar-refractivity contribution in [1.82, 2.24) is 0 Å². The van der Waals surface area contributed by atoms with E-state index >= 15 is 0 Å². The van der Waals surface area contributed by atoms with Gasteiger partial charge in [-0.2, -0.15) is 0 Å². The lowest BCUT2D eigenvalue weighted by Gasteiger charge is -2.38. The Labute approximate surface area is 269 Å². The molecule has 0 amide bonds. The van der Waals surface area contributed by atoms with Gasteiger partial charge in [0, 0.05) is 57.1 Å². The Morgan fingerprint density at radius 2 is 1.05 bits per heavy atom. The SMILES string of the molecule is CC(C)C1CCN(c2ccc3c(c2)Sc2cc(C(C)(C)C)cc4c2B3c2ccc(N3CCC(C(C)C)CC3)cc2S4)CC1.